The van der Waals surface area contributed by atoms with Gasteiger partial charge in [-0.15, -0.1) is 0 Å². The average molecular weight is 344 g/mol. The first-order valence-corrected chi connectivity index (χ1v) is 10.6. The molecule has 0 aromatic carbocycles. The molecule has 1 N–H and O–H groups in total. The van der Waals surface area contributed by atoms with Crippen molar-refractivity contribution in [2.45, 2.75) is 51.2 Å². The van der Waals surface area contributed by atoms with Crippen LogP contribution in [0.25, 0.3) is 0 Å². The molecule has 5 nitrogen and oxygen atoms in total. The molecule has 0 spiro atoms. The second-order valence-electron chi connectivity index (χ2n) is 7.13. The monoisotopic (exact) mass is 343 g/mol. The van der Waals surface area contributed by atoms with E-state index >= 15 is 0 Å². The summed E-state index contributed by atoms with van der Waals surface area (Å²) in [5, 5.41) is 3.23. The Kier molecular flexibility index (Phi) is 7.83. The lowest BCUT2D eigenvalue weighted by molar-refractivity contribution is 0.188. The van der Waals surface area contributed by atoms with Gasteiger partial charge in [0.1, 0.15) is 0 Å². The largest absolute Gasteiger partial charge is 0.338 e. The predicted molar refractivity (Wildman–Crippen MR) is 96.1 cm³/mol. The number of hydrogen-bond donors (Lipinski definition) is 1. The van der Waals surface area contributed by atoms with Crippen LogP contribution >= 0.6 is 0 Å². The Morgan fingerprint density at radius 3 is 2.57 bits per heavy atom. The number of unbranched alkanes of at least 4 members (excludes halogenated alkanes) is 1. The Morgan fingerprint density at radius 2 is 1.83 bits per heavy atom. The Morgan fingerprint density at radius 1 is 1.09 bits per heavy atom. The van der Waals surface area contributed by atoms with Crippen LogP contribution in [-0.2, 0) is 10.8 Å². The number of piperidine rings is 1. The number of amides is 2. The van der Waals surface area contributed by atoms with Gasteiger partial charge in [-0.2, -0.15) is 0 Å². The van der Waals surface area contributed by atoms with Gasteiger partial charge in [-0.1, -0.05) is 13.8 Å². The summed E-state index contributed by atoms with van der Waals surface area (Å²) in [6.07, 6.45) is 5.67. The molecule has 0 aromatic rings. The molecule has 2 atom stereocenters. The molecule has 6 heteroatoms. The fourth-order valence-electron chi connectivity index (χ4n) is 3.24. The van der Waals surface area contributed by atoms with Gasteiger partial charge in [-0.3, -0.25) is 4.21 Å². The minimum atomic E-state index is -0.781. The van der Waals surface area contributed by atoms with Gasteiger partial charge in [0.2, 0.25) is 0 Å². The van der Waals surface area contributed by atoms with Gasteiger partial charge in [0, 0.05) is 41.4 Å². The van der Waals surface area contributed by atoms with Gasteiger partial charge in [-0.25, -0.2) is 4.79 Å². The fourth-order valence-corrected chi connectivity index (χ4v) is 4.41. The van der Waals surface area contributed by atoms with Gasteiger partial charge < -0.3 is 15.1 Å². The van der Waals surface area contributed by atoms with Crippen LogP contribution in [0, 0.1) is 5.92 Å². The summed E-state index contributed by atoms with van der Waals surface area (Å²) in [6, 6.07) is 0.0166. The number of hydrogen-bond acceptors (Lipinski definition) is 3. The average Bonchev–Trinajstić information content (AvgIpc) is 2.71. The van der Waals surface area contributed by atoms with Crippen LogP contribution in [0.3, 0.4) is 0 Å². The minimum Gasteiger partial charge on any atom is -0.338 e. The maximum absolute atomic E-state index is 12.2. The van der Waals surface area contributed by atoms with Crippen LogP contribution in [0.2, 0.25) is 0 Å². The Hall–Kier alpha value is -0.620. The van der Waals surface area contributed by atoms with Gasteiger partial charge in [0.05, 0.1) is 0 Å². The second-order valence-corrected chi connectivity index (χ2v) is 9.11. The summed E-state index contributed by atoms with van der Waals surface area (Å²) in [5.74, 6) is 1.50. The van der Waals surface area contributed by atoms with Crippen molar-refractivity contribution in [3.05, 3.63) is 0 Å². The first-order chi connectivity index (χ1) is 11.1. The van der Waals surface area contributed by atoms with Gasteiger partial charge >= 0.3 is 6.03 Å². The molecule has 2 aliphatic heterocycles. The van der Waals surface area contributed by atoms with Gasteiger partial charge in [0.15, 0.2) is 0 Å². The van der Waals surface area contributed by atoms with Crippen molar-refractivity contribution in [3.63, 3.8) is 0 Å². The Bertz CT molecular complexity index is 397. The first-order valence-electron chi connectivity index (χ1n) is 9.18. The molecule has 134 valence electrons. The third-order valence-corrected chi connectivity index (χ3v) is 6.88. The smallest absolute Gasteiger partial charge is 0.317 e. The third kappa shape index (κ3) is 6.42. The summed E-state index contributed by atoms with van der Waals surface area (Å²) in [4.78, 5) is 16.5. The highest BCUT2D eigenvalue weighted by molar-refractivity contribution is 7.85. The highest BCUT2D eigenvalue weighted by Gasteiger charge is 2.22. The Balaban J connectivity index is 1.55. The van der Waals surface area contributed by atoms with Crippen molar-refractivity contribution in [1.29, 1.82) is 0 Å². The van der Waals surface area contributed by atoms with Crippen molar-refractivity contribution in [1.82, 2.24) is 15.1 Å². The number of carbonyl (C=O) groups is 1. The van der Waals surface area contributed by atoms with Crippen LogP contribution in [0.4, 0.5) is 4.79 Å². The molecule has 0 aliphatic carbocycles. The number of rotatable bonds is 5. The SMILES string of the molecule is CC1CCN(CCCCNC(=O)N2CC[C@@H](C)[S@@](=O)CC2)CC1. The number of nitrogens with zero attached hydrogens (tertiary/aromatic N) is 2. The van der Waals surface area contributed by atoms with E-state index in [1.54, 1.807) is 0 Å². The van der Waals surface area contributed by atoms with Crippen LogP contribution in [0.1, 0.15) is 46.0 Å². The molecule has 2 rings (SSSR count). The minimum absolute atomic E-state index is 0.0166. The van der Waals surface area contributed by atoms with Crippen molar-refractivity contribution in [2.75, 3.05) is 45.0 Å². The van der Waals surface area contributed by atoms with E-state index in [0.717, 1.165) is 44.8 Å². The van der Waals surface area contributed by atoms with Crippen LogP contribution in [0.5, 0.6) is 0 Å². The summed E-state index contributed by atoms with van der Waals surface area (Å²) in [5.41, 5.74) is 0. The van der Waals surface area contributed by atoms with Crippen LogP contribution in [0.15, 0.2) is 0 Å². The molecule has 0 radical (unpaired) electrons. The van der Waals surface area contributed by atoms with Crippen molar-refractivity contribution >= 4 is 16.8 Å². The zero-order valence-electron chi connectivity index (χ0n) is 14.8. The van der Waals surface area contributed by atoms with E-state index in [4.69, 9.17) is 0 Å². The lowest BCUT2D eigenvalue weighted by atomic mass is 9.99. The molecular formula is C17H33N3O2S. The van der Waals surface area contributed by atoms with E-state index < -0.39 is 10.8 Å². The zero-order valence-corrected chi connectivity index (χ0v) is 15.6. The molecular weight excluding hydrogens is 310 g/mol. The fraction of sp³-hybridized carbons (Fsp3) is 0.941. The van der Waals surface area contributed by atoms with E-state index in [1.807, 2.05) is 11.8 Å². The third-order valence-electron chi connectivity index (χ3n) is 5.16. The highest BCUT2D eigenvalue weighted by Crippen LogP contribution is 2.16. The van der Waals surface area contributed by atoms with E-state index in [9.17, 15) is 9.00 Å². The maximum atomic E-state index is 12.2. The van der Waals surface area contributed by atoms with Crippen molar-refractivity contribution in [3.8, 4) is 0 Å². The van der Waals surface area contributed by atoms with Crippen molar-refractivity contribution < 1.29 is 9.00 Å². The van der Waals surface area contributed by atoms with Crippen LogP contribution < -0.4 is 5.32 Å². The first kappa shape index (κ1) is 18.7. The number of urea groups is 1. The van der Waals surface area contributed by atoms with Gasteiger partial charge in [0.25, 0.3) is 0 Å². The summed E-state index contributed by atoms with van der Waals surface area (Å²) < 4.78 is 11.8. The molecule has 23 heavy (non-hydrogen) atoms. The lowest BCUT2D eigenvalue weighted by Gasteiger charge is -2.30. The molecule has 2 saturated heterocycles. The number of carbonyl (C=O) groups excluding carboxylic acids is 1. The van der Waals surface area contributed by atoms with E-state index in [0.29, 0.717) is 12.3 Å². The highest BCUT2D eigenvalue weighted by atomic mass is 32.2. The summed E-state index contributed by atoms with van der Waals surface area (Å²) in [7, 11) is -0.781. The Labute approximate surface area is 143 Å². The molecule has 0 aromatic heterocycles. The topological polar surface area (TPSA) is 52.7 Å². The molecule has 2 aliphatic rings. The molecule has 2 amide bonds. The zero-order chi connectivity index (χ0) is 16.7. The molecule has 0 bridgehead atoms. The molecule has 2 fully saturated rings. The standard InChI is InChI=1S/C17H33N3O2S/c1-15-5-10-19(11-6-15)9-4-3-8-18-17(21)20-12-7-16(2)23(22)14-13-20/h15-16H,3-14H2,1-2H3,(H,18,21)/t16-,23+/m1/s1. The van der Waals surface area contributed by atoms with Crippen LogP contribution in [-0.4, -0.2) is 70.3 Å². The number of nitrogens with one attached hydrogen (secondary N) is 1. The number of likely N-dealkylation sites (tertiary alicyclic amines) is 1. The molecule has 0 saturated carbocycles. The summed E-state index contributed by atoms with van der Waals surface area (Å²) >= 11 is 0. The summed E-state index contributed by atoms with van der Waals surface area (Å²) in [6.45, 7) is 10.1. The van der Waals surface area contributed by atoms with E-state index in [-0.39, 0.29) is 11.3 Å². The quantitative estimate of drug-likeness (QED) is 0.777. The molecule has 2 heterocycles. The predicted octanol–water partition coefficient (Wildman–Crippen LogP) is 2.05. The molecule has 0 unspecified atom stereocenters. The van der Waals surface area contributed by atoms with Gasteiger partial charge in [-0.05, 0) is 57.7 Å². The maximum Gasteiger partial charge on any atom is 0.317 e. The lowest BCUT2D eigenvalue weighted by Crippen LogP contribution is -2.41. The normalized spacial score (nSPS) is 27.7. The second kappa shape index (κ2) is 9.62. The van der Waals surface area contributed by atoms with E-state index in [1.165, 1.54) is 25.9 Å². The van der Waals surface area contributed by atoms with E-state index in [2.05, 4.69) is 17.1 Å². The van der Waals surface area contributed by atoms with Crippen molar-refractivity contribution in [2.24, 2.45) is 5.92 Å².